The first kappa shape index (κ1) is 20.0. The average molecular weight is 432 g/mol. The molecular weight excluding hydrogens is 409 g/mol. The van der Waals surface area contributed by atoms with E-state index in [0.29, 0.717) is 31.7 Å². The quantitative estimate of drug-likeness (QED) is 0.625. The number of hydrogen-bond acceptors (Lipinski definition) is 5. The molecule has 5 nitrogen and oxygen atoms in total. The maximum Gasteiger partial charge on any atom is 0.243 e. The van der Waals surface area contributed by atoms with Gasteiger partial charge in [0.25, 0.3) is 0 Å². The molecule has 2 heterocycles. The van der Waals surface area contributed by atoms with Crippen LogP contribution in [0.3, 0.4) is 0 Å². The van der Waals surface area contributed by atoms with E-state index in [-0.39, 0.29) is 4.90 Å². The number of thiazole rings is 1. The van der Waals surface area contributed by atoms with E-state index < -0.39 is 15.8 Å². The van der Waals surface area contributed by atoms with Crippen LogP contribution < -0.4 is 4.90 Å². The standard InChI is InChI=1S/C21H22FN3O2S2/c1-15-3-6-17(7-4-15)19-14-28-21(23-19)24-9-11-25(12-10-24)29(26,27)20-13-18(22)8-5-16(20)2/h3-8,13-14H,9-12H2,1-2H3. The Balaban J connectivity index is 1.47. The highest BCUT2D eigenvalue weighted by Gasteiger charge is 2.30. The van der Waals surface area contributed by atoms with Crippen LogP contribution in [0.4, 0.5) is 9.52 Å². The van der Waals surface area contributed by atoms with E-state index >= 15 is 0 Å². The average Bonchev–Trinajstić information content (AvgIpc) is 3.20. The summed E-state index contributed by atoms with van der Waals surface area (Å²) in [5.41, 5.74) is 3.75. The Kier molecular flexibility index (Phi) is 5.42. The number of rotatable bonds is 4. The number of aryl methyl sites for hydroxylation is 2. The number of sulfonamides is 1. The van der Waals surface area contributed by atoms with E-state index in [1.165, 1.54) is 22.0 Å². The van der Waals surface area contributed by atoms with Crippen LogP contribution in [-0.4, -0.2) is 43.9 Å². The molecule has 0 radical (unpaired) electrons. The minimum absolute atomic E-state index is 0.0434. The Hall–Kier alpha value is -2.29. The van der Waals surface area contributed by atoms with Crippen molar-refractivity contribution in [3.8, 4) is 11.3 Å². The van der Waals surface area contributed by atoms with Gasteiger partial charge < -0.3 is 4.90 Å². The Bertz CT molecular complexity index is 1120. The molecule has 0 atom stereocenters. The maximum absolute atomic E-state index is 13.6. The molecule has 0 spiro atoms. The molecule has 0 aliphatic carbocycles. The Morgan fingerprint density at radius 3 is 2.38 bits per heavy atom. The Morgan fingerprint density at radius 2 is 1.69 bits per heavy atom. The van der Waals surface area contributed by atoms with Crippen LogP contribution >= 0.6 is 11.3 Å². The van der Waals surface area contributed by atoms with Crippen LogP contribution in [0.5, 0.6) is 0 Å². The van der Waals surface area contributed by atoms with Gasteiger partial charge in [-0.2, -0.15) is 4.31 Å². The summed E-state index contributed by atoms with van der Waals surface area (Å²) in [5, 5.41) is 2.92. The molecule has 0 amide bonds. The molecule has 152 valence electrons. The van der Waals surface area contributed by atoms with E-state index in [1.54, 1.807) is 18.3 Å². The topological polar surface area (TPSA) is 53.5 Å². The molecule has 2 aromatic carbocycles. The predicted molar refractivity (Wildman–Crippen MR) is 114 cm³/mol. The second-order valence-corrected chi connectivity index (χ2v) is 9.93. The van der Waals surface area contributed by atoms with Crippen molar-refractivity contribution in [2.75, 3.05) is 31.1 Å². The van der Waals surface area contributed by atoms with Gasteiger partial charge in [0.05, 0.1) is 10.6 Å². The van der Waals surface area contributed by atoms with E-state index in [9.17, 15) is 12.8 Å². The van der Waals surface area contributed by atoms with Crippen molar-refractivity contribution in [2.45, 2.75) is 18.7 Å². The Labute approximate surface area is 174 Å². The van der Waals surface area contributed by atoms with Gasteiger partial charge in [-0.3, -0.25) is 0 Å². The molecule has 1 aliphatic heterocycles. The Morgan fingerprint density at radius 1 is 1.00 bits per heavy atom. The van der Waals surface area contributed by atoms with Gasteiger partial charge in [-0.25, -0.2) is 17.8 Å². The lowest BCUT2D eigenvalue weighted by molar-refractivity contribution is 0.384. The van der Waals surface area contributed by atoms with Gasteiger partial charge >= 0.3 is 0 Å². The van der Waals surface area contributed by atoms with E-state index in [2.05, 4.69) is 36.1 Å². The van der Waals surface area contributed by atoms with E-state index in [1.807, 2.05) is 5.38 Å². The zero-order chi connectivity index (χ0) is 20.6. The van der Waals surface area contributed by atoms with Gasteiger partial charge in [-0.15, -0.1) is 11.3 Å². The number of benzene rings is 2. The third kappa shape index (κ3) is 4.05. The van der Waals surface area contributed by atoms with Gasteiger partial charge in [0, 0.05) is 37.1 Å². The fourth-order valence-corrected chi connectivity index (χ4v) is 5.92. The van der Waals surface area contributed by atoms with E-state index in [4.69, 9.17) is 4.98 Å². The molecule has 4 rings (SSSR count). The zero-order valence-corrected chi connectivity index (χ0v) is 17.9. The van der Waals surface area contributed by atoms with Crippen LogP contribution in [0.2, 0.25) is 0 Å². The molecule has 0 saturated carbocycles. The molecule has 0 unspecified atom stereocenters. The maximum atomic E-state index is 13.6. The van der Waals surface area contributed by atoms with Gasteiger partial charge in [-0.1, -0.05) is 35.9 Å². The molecule has 8 heteroatoms. The number of aromatic nitrogens is 1. The van der Waals surface area contributed by atoms with E-state index in [0.717, 1.165) is 22.5 Å². The SMILES string of the molecule is Cc1ccc(-c2csc(N3CCN(S(=O)(=O)c4cc(F)ccc4C)CC3)n2)cc1. The third-order valence-electron chi connectivity index (χ3n) is 5.12. The summed E-state index contributed by atoms with van der Waals surface area (Å²) < 4.78 is 40.9. The van der Waals surface area contributed by atoms with Crippen LogP contribution in [0.25, 0.3) is 11.3 Å². The molecule has 1 aliphatic rings. The highest BCUT2D eigenvalue weighted by molar-refractivity contribution is 7.89. The van der Waals surface area contributed by atoms with Crippen molar-refractivity contribution in [3.63, 3.8) is 0 Å². The molecule has 29 heavy (non-hydrogen) atoms. The van der Waals surface area contributed by atoms with Gasteiger partial charge in [0.15, 0.2) is 5.13 Å². The lowest BCUT2D eigenvalue weighted by Crippen LogP contribution is -2.48. The van der Waals surface area contributed by atoms with Crippen LogP contribution in [0, 0.1) is 19.7 Å². The highest BCUT2D eigenvalue weighted by atomic mass is 32.2. The largest absolute Gasteiger partial charge is 0.345 e. The fraction of sp³-hybridized carbons (Fsp3) is 0.286. The highest BCUT2D eigenvalue weighted by Crippen LogP contribution is 2.29. The zero-order valence-electron chi connectivity index (χ0n) is 16.3. The summed E-state index contributed by atoms with van der Waals surface area (Å²) >= 11 is 1.56. The number of hydrogen-bond donors (Lipinski definition) is 0. The third-order valence-corrected chi connectivity index (χ3v) is 8.06. The first-order chi connectivity index (χ1) is 13.8. The van der Waals surface area contributed by atoms with Crippen molar-refractivity contribution in [3.05, 3.63) is 64.8 Å². The normalized spacial score (nSPS) is 15.6. The van der Waals surface area contributed by atoms with Crippen LogP contribution in [0.1, 0.15) is 11.1 Å². The summed E-state index contributed by atoms with van der Waals surface area (Å²) in [4.78, 5) is 6.88. The van der Waals surface area contributed by atoms with Crippen molar-refractivity contribution in [2.24, 2.45) is 0 Å². The summed E-state index contributed by atoms with van der Waals surface area (Å²) in [7, 11) is -3.71. The van der Waals surface area contributed by atoms with Gasteiger partial charge in [-0.05, 0) is 31.5 Å². The first-order valence-corrected chi connectivity index (χ1v) is 11.7. The first-order valence-electron chi connectivity index (χ1n) is 9.38. The number of nitrogens with zero attached hydrogens (tertiary/aromatic N) is 3. The minimum atomic E-state index is -3.71. The lowest BCUT2D eigenvalue weighted by atomic mass is 10.1. The molecule has 1 aromatic heterocycles. The smallest absolute Gasteiger partial charge is 0.243 e. The van der Waals surface area contributed by atoms with Crippen molar-refractivity contribution >= 4 is 26.5 Å². The summed E-state index contributed by atoms with van der Waals surface area (Å²) in [6.45, 7) is 5.53. The van der Waals surface area contributed by atoms with Crippen LogP contribution in [-0.2, 0) is 10.0 Å². The van der Waals surface area contributed by atoms with Gasteiger partial charge in [0.2, 0.25) is 10.0 Å². The van der Waals surface area contributed by atoms with Crippen molar-refractivity contribution < 1.29 is 12.8 Å². The molecule has 1 fully saturated rings. The lowest BCUT2D eigenvalue weighted by Gasteiger charge is -2.34. The van der Waals surface area contributed by atoms with Crippen molar-refractivity contribution in [1.29, 1.82) is 0 Å². The summed E-state index contributed by atoms with van der Waals surface area (Å²) in [6.07, 6.45) is 0. The second-order valence-electron chi connectivity index (χ2n) is 7.18. The minimum Gasteiger partial charge on any atom is -0.345 e. The van der Waals surface area contributed by atoms with Gasteiger partial charge in [0.1, 0.15) is 5.82 Å². The van der Waals surface area contributed by atoms with Crippen molar-refractivity contribution in [1.82, 2.24) is 9.29 Å². The molecule has 3 aromatic rings. The monoisotopic (exact) mass is 431 g/mol. The number of halogens is 1. The summed E-state index contributed by atoms with van der Waals surface area (Å²) in [6, 6.07) is 12.1. The molecule has 0 bridgehead atoms. The summed E-state index contributed by atoms with van der Waals surface area (Å²) in [5.74, 6) is -0.542. The second kappa shape index (κ2) is 7.85. The number of piperazine rings is 1. The predicted octanol–water partition coefficient (Wildman–Crippen LogP) is 4.08. The number of anilines is 1. The van der Waals surface area contributed by atoms with Crippen LogP contribution in [0.15, 0.2) is 52.7 Å². The molecule has 1 saturated heterocycles. The molecule has 0 N–H and O–H groups in total. The fourth-order valence-electron chi connectivity index (χ4n) is 3.38. The molecular formula is C21H22FN3O2S2.